The van der Waals surface area contributed by atoms with Crippen LogP contribution in [0.15, 0.2) is 18.2 Å². The van der Waals surface area contributed by atoms with Crippen molar-refractivity contribution in [1.82, 2.24) is 5.32 Å². The molecule has 116 valence electrons. The van der Waals surface area contributed by atoms with Crippen LogP contribution in [0.3, 0.4) is 0 Å². The van der Waals surface area contributed by atoms with Gasteiger partial charge in [-0.25, -0.2) is 0 Å². The second-order valence-electron chi connectivity index (χ2n) is 6.83. The van der Waals surface area contributed by atoms with E-state index in [1.54, 1.807) is 6.92 Å². The lowest BCUT2D eigenvalue weighted by Crippen LogP contribution is -2.44. The summed E-state index contributed by atoms with van der Waals surface area (Å²) in [4.78, 5) is 11.5. The number of rotatable bonds is 5. The summed E-state index contributed by atoms with van der Waals surface area (Å²) in [6.45, 7) is 7.85. The molecule has 0 amide bonds. The molecule has 3 nitrogen and oxygen atoms in total. The first-order chi connectivity index (χ1) is 9.85. The summed E-state index contributed by atoms with van der Waals surface area (Å²) < 4.78 is 0. The second kappa shape index (κ2) is 6.29. The molecule has 0 bridgehead atoms. The SMILES string of the molecule is CCC(C)(C)C(O)NC1CCCc2cc(C(C)=O)ccc21. The highest BCUT2D eigenvalue weighted by molar-refractivity contribution is 5.94. The van der Waals surface area contributed by atoms with Crippen molar-refractivity contribution < 1.29 is 9.90 Å². The highest BCUT2D eigenvalue weighted by Gasteiger charge is 2.30. The Bertz CT molecular complexity index is 522. The number of nitrogens with one attached hydrogen (secondary N) is 1. The molecule has 2 atom stereocenters. The van der Waals surface area contributed by atoms with Gasteiger partial charge in [-0.15, -0.1) is 0 Å². The Morgan fingerprint density at radius 3 is 2.81 bits per heavy atom. The van der Waals surface area contributed by atoms with E-state index in [1.807, 2.05) is 12.1 Å². The molecule has 0 fully saturated rings. The minimum absolute atomic E-state index is 0.111. The molecule has 0 saturated carbocycles. The molecule has 0 radical (unpaired) electrons. The quantitative estimate of drug-likeness (QED) is 0.643. The Kier molecular flexibility index (Phi) is 4.84. The van der Waals surface area contributed by atoms with E-state index in [0.29, 0.717) is 0 Å². The van der Waals surface area contributed by atoms with Crippen LogP contribution in [0.2, 0.25) is 0 Å². The van der Waals surface area contributed by atoms with Crippen molar-refractivity contribution in [2.75, 3.05) is 0 Å². The maximum absolute atomic E-state index is 11.5. The summed E-state index contributed by atoms with van der Waals surface area (Å²) in [5.74, 6) is 0.111. The van der Waals surface area contributed by atoms with E-state index in [4.69, 9.17) is 0 Å². The number of hydrogen-bond donors (Lipinski definition) is 2. The fourth-order valence-corrected chi connectivity index (χ4v) is 2.82. The minimum atomic E-state index is -0.522. The summed E-state index contributed by atoms with van der Waals surface area (Å²) in [7, 11) is 0. The van der Waals surface area contributed by atoms with Crippen LogP contribution in [0.1, 0.15) is 74.5 Å². The molecule has 1 aromatic rings. The van der Waals surface area contributed by atoms with Gasteiger partial charge in [0, 0.05) is 17.0 Å². The predicted octanol–water partition coefficient (Wildman–Crippen LogP) is 3.61. The van der Waals surface area contributed by atoms with Crippen LogP contribution in [0.25, 0.3) is 0 Å². The molecule has 1 aliphatic rings. The Labute approximate surface area is 127 Å². The molecule has 0 spiro atoms. The highest BCUT2D eigenvalue weighted by atomic mass is 16.3. The van der Waals surface area contributed by atoms with E-state index < -0.39 is 6.23 Å². The van der Waals surface area contributed by atoms with Gasteiger partial charge in [0.1, 0.15) is 6.23 Å². The lowest BCUT2D eigenvalue weighted by Gasteiger charge is -2.35. The van der Waals surface area contributed by atoms with E-state index in [9.17, 15) is 9.90 Å². The van der Waals surface area contributed by atoms with Crippen molar-refractivity contribution in [1.29, 1.82) is 0 Å². The van der Waals surface area contributed by atoms with Crippen LogP contribution in [0.5, 0.6) is 0 Å². The number of hydrogen-bond acceptors (Lipinski definition) is 3. The van der Waals surface area contributed by atoms with Crippen molar-refractivity contribution in [3.05, 3.63) is 34.9 Å². The summed E-state index contributed by atoms with van der Waals surface area (Å²) in [6.07, 6.45) is 3.53. The Hall–Kier alpha value is -1.19. The van der Waals surface area contributed by atoms with E-state index in [-0.39, 0.29) is 17.2 Å². The zero-order valence-corrected chi connectivity index (χ0v) is 13.6. The maximum atomic E-state index is 11.5. The fourth-order valence-electron chi connectivity index (χ4n) is 2.82. The van der Waals surface area contributed by atoms with Gasteiger partial charge in [-0.2, -0.15) is 0 Å². The molecule has 21 heavy (non-hydrogen) atoms. The van der Waals surface area contributed by atoms with E-state index >= 15 is 0 Å². The second-order valence-corrected chi connectivity index (χ2v) is 6.83. The maximum Gasteiger partial charge on any atom is 0.159 e. The number of aryl methyl sites for hydroxylation is 1. The summed E-state index contributed by atoms with van der Waals surface area (Å²) in [6, 6.07) is 6.14. The van der Waals surface area contributed by atoms with Crippen LogP contribution >= 0.6 is 0 Å². The van der Waals surface area contributed by atoms with Crippen molar-refractivity contribution >= 4 is 5.78 Å². The number of Topliss-reactive ketones (excluding diaryl/α,β-unsaturated/α-hetero) is 1. The van der Waals surface area contributed by atoms with Crippen LogP contribution in [-0.2, 0) is 6.42 Å². The Morgan fingerprint density at radius 1 is 1.48 bits per heavy atom. The van der Waals surface area contributed by atoms with E-state index in [2.05, 4.69) is 32.2 Å². The minimum Gasteiger partial charge on any atom is -0.378 e. The molecule has 1 aliphatic carbocycles. The number of ketones is 1. The predicted molar refractivity (Wildman–Crippen MR) is 85.3 cm³/mol. The summed E-state index contributed by atoms with van der Waals surface area (Å²) in [5, 5.41) is 13.8. The molecule has 2 unspecified atom stereocenters. The van der Waals surface area contributed by atoms with Crippen LogP contribution in [0.4, 0.5) is 0 Å². The first-order valence-electron chi connectivity index (χ1n) is 7.93. The molecular formula is C18H27NO2. The topological polar surface area (TPSA) is 49.3 Å². The standard InChI is InChI=1S/C18H27NO2/c1-5-18(3,4)17(21)19-16-8-6-7-14-11-13(12(2)20)9-10-15(14)16/h9-11,16-17,19,21H,5-8H2,1-4H3. The molecule has 0 saturated heterocycles. The van der Waals surface area contributed by atoms with E-state index in [1.165, 1.54) is 11.1 Å². The monoisotopic (exact) mass is 289 g/mol. The van der Waals surface area contributed by atoms with Gasteiger partial charge >= 0.3 is 0 Å². The van der Waals surface area contributed by atoms with Crippen molar-refractivity contribution in [3.63, 3.8) is 0 Å². The van der Waals surface area contributed by atoms with Crippen molar-refractivity contribution in [3.8, 4) is 0 Å². The highest BCUT2D eigenvalue weighted by Crippen LogP contribution is 2.33. The van der Waals surface area contributed by atoms with Gasteiger partial charge in [0.05, 0.1) is 0 Å². The largest absolute Gasteiger partial charge is 0.378 e. The van der Waals surface area contributed by atoms with Crippen LogP contribution in [-0.4, -0.2) is 17.1 Å². The molecule has 1 aromatic carbocycles. The molecule has 3 heteroatoms. The molecule has 0 heterocycles. The molecular weight excluding hydrogens is 262 g/mol. The molecule has 0 aromatic heterocycles. The number of benzene rings is 1. The van der Waals surface area contributed by atoms with Gasteiger partial charge in [0.25, 0.3) is 0 Å². The van der Waals surface area contributed by atoms with Crippen LogP contribution < -0.4 is 5.32 Å². The Morgan fingerprint density at radius 2 is 2.19 bits per heavy atom. The third-order valence-corrected chi connectivity index (χ3v) is 4.87. The third-order valence-electron chi connectivity index (χ3n) is 4.87. The fraction of sp³-hybridized carbons (Fsp3) is 0.611. The molecule has 2 N–H and O–H groups in total. The number of fused-ring (bicyclic) bond motifs is 1. The van der Waals surface area contributed by atoms with Gasteiger partial charge in [0.2, 0.25) is 0 Å². The average Bonchev–Trinajstić information content (AvgIpc) is 2.46. The number of carbonyl (C=O) groups is 1. The van der Waals surface area contributed by atoms with Gasteiger partial charge < -0.3 is 5.11 Å². The number of carbonyl (C=O) groups excluding carboxylic acids is 1. The third kappa shape index (κ3) is 3.53. The van der Waals surface area contributed by atoms with Gasteiger partial charge in [-0.3, -0.25) is 10.1 Å². The van der Waals surface area contributed by atoms with Crippen molar-refractivity contribution in [2.24, 2.45) is 5.41 Å². The normalized spacial score (nSPS) is 20.0. The Balaban J connectivity index is 2.21. The average molecular weight is 289 g/mol. The summed E-state index contributed by atoms with van der Waals surface area (Å²) >= 11 is 0. The molecule has 0 aliphatic heterocycles. The van der Waals surface area contributed by atoms with Gasteiger partial charge in [-0.1, -0.05) is 32.9 Å². The van der Waals surface area contributed by atoms with Crippen molar-refractivity contribution in [2.45, 2.75) is 65.6 Å². The van der Waals surface area contributed by atoms with Gasteiger partial charge in [-0.05, 0) is 49.8 Å². The number of aliphatic hydroxyl groups excluding tert-OH is 1. The number of aliphatic hydroxyl groups is 1. The summed E-state index contributed by atoms with van der Waals surface area (Å²) in [5.41, 5.74) is 3.12. The van der Waals surface area contributed by atoms with E-state index in [0.717, 1.165) is 31.2 Å². The first kappa shape index (κ1) is 16.2. The lowest BCUT2D eigenvalue weighted by atomic mass is 9.83. The van der Waals surface area contributed by atoms with Crippen LogP contribution in [0, 0.1) is 5.41 Å². The zero-order valence-electron chi connectivity index (χ0n) is 13.6. The first-order valence-corrected chi connectivity index (χ1v) is 7.93. The lowest BCUT2D eigenvalue weighted by molar-refractivity contribution is 0.00765. The smallest absolute Gasteiger partial charge is 0.159 e. The van der Waals surface area contributed by atoms with Gasteiger partial charge in [0.15, 0.2) is 5.78 Å². The molecule has 2 rings (SSSR count). The zero-order chi connectivity index (χ0) is 15.6.